The van der Waals surface area contributed by atoms with Gasteiger partial charge in [0.1, 0.15) is 6.61 Å². The molecular formula is C32H56O8. The van der Waals surface area contributed by atoms with Gasteiger partial charge < -0.3 is 33.2 Å². The molecule has 0 N–H and O–H groups in total. The number of carbonyl (C=O) groups excluding carboxylic acids is 1. The molecule has 3 aliphatic carbocycles. The molecule has 0 radical (unpaired) electrons. The molecule has 7 unspecified atom stereocenters. The van der Waals surface area contributed by atoms with Gasteiger partial charge in [-0.3, -0.25) is 0 Å². The zero-order valence-electron chi connectivity index (χ0n) is 26.4. The van der Waals surface area contributed by atoms with Crippen molar-refractivity contribution < 1.29 is 38.0 Å². The lowest BCUT2D eigenvalue weighted by Gasteiger charge is -2.56. The first-order valence-corrected chi connectivity index (χ1v) is 15.1. The van der Waals surface area contributed by atoms with Crippen molar-refractivity contribution in [2.45, 2.75) is 105 Å². The maximum Gasteiger partial charge on any atom is 0.333 e. The first-order valence-electron chi connectivity index (χ1n) is 15.1. The second-order valence-corrected chi connectivity index (χ2v) is 12.3. The molecule has 0 aromatic carbocycles. The summed E-state index contributed by atoms with van der Waals surface area (Å²) in [5.74, 6) is 1.23. The van der Waals surface area contributed by atoms with Gasteiger partial charge in [-0.25, -0.2) is 4.79 Å². The van der Waals surface area contributed by atoms with Gasteiger partial charge in [-0.05, 0) is 78.1 Å². The standard InChI is InChI=1S/C32H56O8/c1-22(2)31(33)36-15-14-35-24(4)18-38-26(6)20-40-27(7)21-39-25(5)19-37-23(3)17-34-13-12-28-10-11-29-16-30(28)32(29,8)9/h10,23-27,29-30H,1,11-21H2,2-9H3. The molecule has 2 bridgehead atoms. The van der Waals surface area contributed by atoms with Gasteiger partial charge in [-0.1, -0.05) is 32.1 Å². The number of fused-ring (bicyclic) bond motifs is 1. The number of carbonyl (C=O) groups is 1. The summed E-state index contributed by atoms with van der Waals surface area (Å²) in [5.41, 5.74) is 2.45. The first kappa shape index (κ1) is 34.9. The Morgan fingerprint density at radius 1 is 0.825 bits per heavy atom. The van der Waals surface area contributed by atoms with Crippen LogP contribution in [-0.4, -0.2) is 89.3 Å². The van der Waals surface area contributed by atoms with Gasteiger partial charge in [-0.15, -0.1) is 0 Å². The van der Waals surface area contributed by atoms with E-state index in [9.17, 15) is 4.79 Å². The Hall–Kier alpha value is -1.29. The lowest BCUT2D eigenvalue weighted by atomic mass is 9.48. The van der Waals surface area contributed by atoms with Crippen LogP contribution in [0.3, 0.4) is 0 Å². The van der Waals surface area contributed by atoms with Crippen molar-refractivity contribution in [2.75, 3.05) is 52.9 Å². The summed E-state index contributed by atoms with van der Waals surface area (Å²) in [5, 5.41) is 0. The molecular weight excluding hydrogens is 512 g/mol. The summed E-state index contributed by atoms with van der Waals surface area (Å²) in [6, 6.07) is 0. The molecule has 0 aromatic rings. The molecule has 3 aliphatic rings. The number of hydrogen-bond acceptors (Lipinski definition) is 8. The third-order valence-electron chi connectivity index (χ3n) is 8.00. The monoisotopic (exact) mass is 568 g/mol. The minimum absolute atomic E-state index is 0.0281. The highest BCUT2D eigenvalue weighted by Gasteiger charge is 2.50. The van der Waals surface area contributed by atoms with Crippen LogP contribution in [0.2, 0.25) is 0 Å². The van der Waals surface area contributed by atoms with E-state index < -0.39 is 5.97 Å². The minimum atomic E-state index is -0.406. The molecule has 0 spiro atoms. The minimum Gasteiger partial charge on any atom is -0.460 e. The molecule has 0 amide bonds. The lowest BCUT2D eigenvalue weighted by molar-refractivity contribution is -0.141. The summed E-state index contributed by atoms with van der Waals surface area (Å²) in [7, 11) is 0. The van der Waals surface area contributed by atoms with Crippen LogP contribution < -0.4 is 0 Å². The van der Waals surface area contributed by atoms with Crippen LogP contribution in [0.25, 0.3) is 0 Å². The van der Waals surface area contributed by atoms with E-state index in [2.05, 4.69) is 26.5 Å². The van der Waals surface area contributed by atoms with Crippen molar-refractivity contribution in [1.82, 2.24) is 0 Å². The number of rotatable bonds is 22. The Bertz CT molecular complexity index is 794. The van der Waals surface area contributed by atoms with E-state index in [1.54, 1.807) is 12.5 Å². The Kier molecular flexibility index (Phi) is 15.4. The molecule has 7 atom stereocenters. The topological polar surface area (TPSA) is 81.7 Å². The van der Waals surface area contributed by atoms with Gasteiger partial charge in [0.2, 0.25) is 0 Å². The van der Waals surface area contributed by atoms with Gasteiger partial charge in [0, 0.05) is 5.57 Å². The number of hydrogen-bond donors (Lipinski definition) is 0. The highest BCUT2D eigenvalue weighted by Crippen LogP contribution is 2.59. The van der Waals surface area contributed by atoms with Gasteiger partial charge >= 0.3 is 5.97 Å². The maximum atomic E-state index is 11.3. The molecule has 0 aromatic heterocycles. The second kappa shape index (κ2) is 17.6. The Morgan fingerprint density at radius 3 is 1.80 bits per heavy atom. The van der Waals surface area contributed by atoms with E-state index in [-0.39, 0.29) is 37.1 Å². The quantitative estimate of drug-likeness (QED) is 0.0730. The molecule has 40 heavy (non-hydrogen) atoms. The second-order valence-electron chi connectivity index (χ2n) is 12.3. The van der Waals surface area contributed by atoms with E-state index in [0.29, 0.717) is 50.6 Å². The fourth-order valence-corrected chi connectivity index (χ4v) is 5.14. The van der Waals surface area contributed by atoms with Crippen molar-refractivity contribution in [3.8, 4) is 0 Å². The predicted molar refractivity (Wildman–Crippen MR) is 156 cm³/mol. The van der Waals surface area contributed by atoms with E-state index in [0.717, 1.165) is 24.9 Å². The van der Waals surface area contributed by atoms with Crippen LogP contribution in [-0.2, 0) is 38.0 Å². The molecule has 0 aliphatic heterocycles. The largest absolute Gasteiger partial charge is 0.460 e. The summed E-state index contributed by atoms with van der Waals surface area (Å²) >= 11 is 0. The number of esters is 1. The molecule has 232 valence electrons. The molecule has 0 saturated heterocycles. The highest BCUT2D eigenvalue weighted by molar-refractivity contribution is 5.86. The maximum absolute atomic E-state index is 11.3. The molecule has 1 fully saturated rings. The van der Waals surface area contributed by atoms with Crippen molar-refractivity contribution in [2.24, 2.45) is 17.3 Å². The average molecular weight is 569 g/mol. The first-order chi connectivity index (χ1) is 18.9. The van der Waals surface area contributed by atoms with E-state index in [4.69, 9.17) is 33.2 Å². The van der Waals surface area contributed by atoms with Crippen molar-refractivity contribution in [1.29, 1.82) is 0 Å². The molecule has 3 rings (SSSR count). The van der Waals surface area contributed by atoms with Crippen molar-refractivity contribution >= 4 is 5.97 Å². The smallest absolute Gasteiger partial charge is 0.333 e. The fraction of sp³-hybridized carbons (Fsp3) is 0.844. The fourth-order valence-electron chi connectivity index (χ4n) is 5.14. The summed E-state index contributed by atoms with van der Waals surface area (Å²) in [4.78, 5) is 11.3. The number of ether oxygens (including phenoxy) is 7. The van der Waals surface area contributed by atoms with E-state index >= 15 is 0 Å². The predicted octanol–water partition coefficient (Wildman–Crippen LogP) is 5.53. The summed E-state index contributed by atoms with van der Waals surface area (Å²) in [6.07, 6.45) is 5.83. The van der Waals surface area contributed by atoms with Crippen LogP contribution in [0.4, 0.5) is 0 Å². The third kappa shape index (κ3) is 12.3. The van der Waals surface area contributed by atoms with Crippen LogP contribution in [0, 0.1) is 17.3 Å². The van der Waals surface area contributed by atoms with Gasteiger partial charge in [0.15, 0.2) is 0 Å². The zero-order valence-corrected chi connectivity index (χ0v) is 26.4. The normalized spacial score (nSPS) is 23.4. The van der Waals surface area contributed by atoms with E-state index in [1.807, 2.05) is 34.6 Å². The van der Waals surface area contributed by atoms with Crippen LogP contribution in [0.15, 0.2) is 23.8 Å². The van der Waals surface area contributed by atoms with Crippen molar-refractivity contribution in [3.05, 3.63) is 23.8 Å². The van der Waals surface area contributed by atoms with E-state index in [1.165, 1.54) is 12.8 Å². The summed E-state index contributed by atoms with van der Waals surface area (Å²) in [6.45, 7) is 23.7. The summed E-state index contributed by atoms with van der Waals surface area (Å²) < 4.78 is 40.1. The molecule has 0 heterocycles. The SMILES string of the molecule is C=C(C)C(=O)OCCOC(C)COC(C)COC(C)COC(C)COC(C)COCCC1=CCC2CC1C2(C)C. The highest BCUT2D eigenvalue weighted by atomic mass is 16.6. The molecule has 8 heteroatoms. The van der Waals surface area contributed by atoms with Crippen molar-refractivity contribution in [3.63, 3.8) is 0 Å². The molecule has 8 nitrogen and oxygen atoms in total. The van der Waals surface area contributed by atoms with Crippen LogP contribution in [0.5, 0.6) is 0 Å². The molecule has 1 saturated carbocycles. The van der Waals surface area contributed by atoms with Gasteiger partial charge in [0.25, 0.3) is 0 Å². The van der Waals surface area contributed by atoms with Gasteiger partial charge in [0.05, 0.1) is 76.8 Å². The zero-order chi connectivity index (χ0) is 29.7. The van der Waals surface area contributed by atoms with Crippen LogP contribution >= 0.6 is 0 Å². The average Bonchev–Trinajstić information content (AvgIpc) is 2.92. The Morgan fingerprint density at radius 2 is 1.32 bits per heavy atom. The third-order valence-corrected chi connectivity index (χ3v) is 8.00. The Labute approximate surface area is 243 Å². The Balaban J connectivity index is 1.44. The van der Waals surface area contributed by atoms with Gasteiger partial charge in [-0.2, -0.15) is 0 Å². The number of allylic oxidation sites excluding steroid dienone is 1. The lowest BCUT2D eigenvalue weighted by Crippen LogP contribution is -2.48. The van der Waals surface area contributed by atoms with Crippen LogP contribution in [0.1, 0.15) is 74.7 Å².